The lowest BCUT2D eigenvalue weighted by molar-refractivity contribution is 0.519. The smallest absolute Gasteiger partial charge is 0.105 e. The van der Waals surface area contributed by atoms with E-state index in [-0.39, 0.29) is 6.04 Å². The third-order valence-corrected chi connectivity index (χ3v) is 2.68. The zero-order chi connectivity index (χ0) is 11.5. The van der Waals surface area contributed by atoms with Crippen molar-refractivity contribution in [3.05, 3.63) is 36.0 Å². The van der Waals surface area contributed by atoms with Crippen molar-refractivity contribution in [1.29, 1.82) is 0 Å². The summed E-state index contributed by atoms with van der Waals surface area (Å²) in [6, 6.07) is 10.4. The van der Waals surface area contributed by atoms with E-state index < -0.39 is 0 Å². The van der Waals surface area contributed by atoms with Gasteiger partial charge < -0.3 is 0 Å². The lowest BCUT2D eigenvalue weighted by Gasteiger charge is -2.10. The maximum absolute atomic E-state index is 5.88. The van der Waals surface area contributed by atoms with Gasteiger partial charge in [0.05, 0.1) is 11.6 Å². The Hall–Kier alpha value is -1.35. The highest BCUT2D eigenvalue weighted by atomic mass is 35.5. The van der Waals surface area contributed by atoms with Crippen molar-refractivity contribution in [1.82, 2.24) is 15.0 Å². The van der Waals surface area contributed by atoms with Gasteiger partial charge >= 0.3 is 0 Å². The molecule has 3 nitrogen and oxygen atoms in total. The number of aromatic nitrogens is 3. The zero-order valence-electron chi connectivity index (χ0n) is 9.39. The molecule has 0 aliphatic carbocycles. The molecule has 0 radical (unpaired) electrons. The van der Waals surface area contributed by atoms with Crippen LogP contribution < -0.4 is 0 Å². The molecule has 0 spiro atoms. The van der Waals surface area contributed by atoms with E-state index in [0.717, 1.165) is 17.0 Å². The molecule has 1 aromatic carbocycles. The second kappa shape index (κ2) is 4.66. The molecule has 0 unspecified atom stereocenters. The molecule has 2 aromatic rings. The first-order chi connectivity index (χ1) is 7.74. The third-order valence-electron chi connectivity index (χ3n) is 2.43. The van der Waals surface area contributed by atoms with Gasteiger partial charge in [-0.2, -0.15) is 0 Å². The van der Waals surface area contributed by atoms with Crippen molar-refractivity contribution < 1.29 is 0 Å². The zero-order valence-corrected chi connectivity index (χ0v) is 10.1. The number of benzene rings is 1. The number of nitrogens with zero attached hydrogens (tertiary/aromatic N) is 3. The van der Waals surface area contributed by atoms with Crippen LogP contribution in [0, 0.1) is 0 Å². The highest BCUT2D eigenvalue weighted by Crippen LogP contribution is 2.25. The SMILES string of the molecule is CC(C)n1nnc(CCl)c1-c1ccccc1. The molecule has 0 amide bonds. The molecule has 2 rings (SSSR count). The normalized spacial score (nSPS) is 11.0. The second-order valence-corrected chi connectivity index (χ2v) is 4.19. The Morgan fingerprint density at radius 1 is 1.25 bits per heavy atom. The summed E-state index contributed by atoms with van der Waals surface area (Å²) < 4.78 is 1.91. The molecule has 1 aromatic heterocycles. The van der Waals surface area contributed by atoms with Gasteiger partial charge in [-0.05, 0) is 13.8 Å². The Morgan fingerprint density at radius 2 is 1.94 bits per heavy atom. The van der Waals surface area contributed by atoms with E-state index in [0.29, 0.717) is 5.88 Å². The average molecular weight is 236 g/mol. The number of hydrogen-bond acceptors (Lipinski definition) is 2. The highest BCUT2D eigenvalue weighted by molar-refractivity contribution is 6.17. The van der Waals surface area contributed by atoms with Crippen molar-refractivity contribution >= 4 is 11.6 Å². The van der Waals surface area contributed by atoms with Crippen molar-refractivity contribution in [2.75, 3.05) is 0 Å². The lowest BCUT2D eigenvalue weighted by Crippen LogP contribution is -2.05. The minimum Gasteiger partial charge on any atom is -0.242 e. The number of hydrogen-bond donors (Lipinski definition) is 0. The van der Waals surface area contributed by atoms with E-state index in [4.69, 9.17) is 11.6 Å². The number of alkyl halides is 1. The van der Waals surface area contributed by atoms with Gasteiger partial charge in [0.15, 0.2) is 0 Å². The molecule has 0 saturated heterocycles. The Bertz CT molecular complexity index is 462. The van der Waals surface area contributed by atoms with Crippen LogP contribution in [-0.2, 0) is 5.88 Å². The second-order valence-electron chi connectivity index (χ2n) is 3.92. The van der Waals surface area contributed by atoms with Gasteiger partial charge in [0.25, 0.3) is 0 Å². The number of rotatable bonds is 3. The fourth-order valence-electron chi connectivity index (χ4n) is 1.67. The van der Waals surface area contributed by atoms with Crippen LogP contribution in [0.2, 0.25) is 0 Å². The summed E-state index contributed by atoms with van der Waals surface area (Å²) >= 11 is 5.88. The van der Waals surface area contributed by atoms with Crippen LogP contribution >= 0.6 is 11.6 Å². The minimum absolute atomic E-state index is 0.277. The molecule has 84 valence electrons. The van der Waals surface area contributed by atoms with Crippen LogP contribution in [0.4, 0.5) is 0 Å². The van der Waals surface area contributed by atoms with Crippen LogP contribution in [0.5, 0.6) is 0 Å². The fourth-order valence-corrected chi connectivity index (χ4v) is 1.85. The molecular formula is C12H14ClN3. The molecule has 0 aliphatic heterocycles. The fraction of sp³-hybridized carbons (Fsp3) is 0.333. The Balaban J connectivity index is 2.57. The molecule has 16 heavy (non-hydrogen) atoms. The van der Waals surface area contributed by atoms with Gasteiger partial charge in [-0.25, -0.2) is 4.68 Å². The Kier molecular flexibility index (Phi) is 3.25. The van der Waals surface area contributed by atoms with Crippen molar-refractivity contribution in [2.45, 2.75) is 25.8 Å². The molecule has 1 heterocycles. The summed E-state index contributed by atoms with van der Waals surface area (Å²) in [5.74, 6) is 0.386. The summed E-state index contributed by atoms with van der Waals surface area (Å²) in [6.07, 6.45) is 0. The van der Waals surface area contributed by atoms with E-state index in [9.17, 15) is 0 Å². The van der Waals surface area contributed by atoms with E-state index >= 15 is 0 Å². The van der Waals surface area contributed by atoms with E-state index in [2.05, 4.69) is 24.2 Å². The largest absolute Gasteiger partial charge is 0.242 e. The van der Waals surface area contributed by atoms with Gasteiger partial charge in [0.1, 0.15) is 5.69 Å². The van der Waals surface area contributed by atoms with Crippen LogP contribution in [-0.4, -0.2) is 15.0 Å². The molecule has 0 fully saturated rings. The summed E-state index contributed by atoms with van der Waals surface area (Å²) in [5.41, 5.74) is 2.96. The predicted octanol–water partition coefficient (Wildman–Crippen LogP) is 3.26. The van der Waals surface area contributed by atoms with Crippen molar-refractivity contribution in [3.8, 4) is 11.3 Å². The van der Waals surface area contributed by atoms with E-state index in [1.807, 2.05) is 35.0 Å². The van der Waals surface area contributed by atoms with E-state index in [1.165, 1.54) is 0 Å². The highest BCUT2D eigenvalue weighted by Gasteiger charge is 2.15. The summed E-state index contributed by atoms with van der Waals surface area (Å²) in [6.45, 7) is 4.16. The Morgan fingerprint density at radius 3 is 2.50 bits per heavy atom. The van der Waals surface area contributed by atoms with Gasteiger partial charge in [-0.1, -0.05) is 35.5 Å². The van der Waals surface area contributed by atoms with Gasteiger partial charge in [-0.3, -0.25) is 0 Å². The summed E-state index contributed by atoms with van der Waals surface area (Å²) in [7, 11) is 0. The predicted molar refractivity (Wildman–Crippen MR) is 65.4 cm³/mol. The standard InChI is InChI=1S/C12H14ClN3/c1-9(2)16-12(11(8-13)14-15-16)10-6-4-3-5-7-10/h3-7,9H,8H2,1-2H3. The van der Waals surface area contributed by atoms with Crippen LogP contribution in [0.25, 0.3) is 11.3 Å². The Labute approximate surface area is 100 Å². The van der Waals surface area contributed by atoms with Crippen molar-refractivity contribution in [3.63, 3.8) is 0 Å². The van der Waals surface area contributed by atoms with Crippen molar-refractivity contribution in [2.24, 2.45) is 0 Å². The van der Waals surface area contributed by atoms with Crippen LogP contribution in [0.3, 0.4) is 0 Å². The topological polar surface area (TPSA) is 30.7 Å². The summed E-state index contributed by atoms with van der Waals surface area (Å²) in [4.78, 5) is 0. The van der Waals surface area contributed by atoms with Crippen LogP contribution in [0.1, 0.15) is 25.6 Å². The maximum Gasteiger partial charge on any atom is 0.105 e. The monoisotopic (exact) mass is 235 g/mol. The van der Waals surface area contributed by atoms with E-state index in [1.54, 1.807) is 0 Å². The van der Waals surface area contributed by atoms with Gasteiger partial charge in [0.2, 0.25) is 0 Å². The first kappa shape index (κ1) is 11.1. The third kappa shape index (κ3) is 1.95. The molecule has 0 atom stereocenters. The molecule has 0 aliphatic rings. The van der Waals surface area contributed by atoms with Crippen LogP contribution in [0.15, 0.2) is 30.3 Å². The quantitative estimate of drug-likeness (QED) is 0.765. The van der Waals surface area contributed by atoms with Gasteiger partial charge in [-0.15, -0.1) is 16.7 Å². The molecule has 0 N–H and O–H groups in total. The number of halogens is 1. The average Bonchev–Trinajstić information content (AvgIpc) is 2.73. The van der Waals surface area contributed by atoms with Gasteiger partial charge in [0, 0.05) is 11.6 Å². The molecule has 0 saturated carbocycles. The minimum atomic E-state index is 0.277. The summed E-state index contributed by atoms with van der Waals surface area (Å²) in [5, 5.41) is 8.26. The lowest BCUT2D eigenvalue weighted by atomic mass is 10.1. The maximum atomic E-state index is 5.88. The molecule has 4 heteroatoms. The first-order valence-corrected chi connectivity index (χ1v) is 5.83. The molecular weight excluding hydrogens is 222 g/mol. The molecule has 0 bridgehead atoms. The first-order valence-electron chi connectivity index (χ1n) is 5.29.